The first kappa shape index (κ1) is 13.6. The Labute approximate surface area is 108 Å². The van der Waals surface area contributed by atoms with E-state index in [9.17, 15) is 13.2 Å². The van der Waals surface area contributed by atoms with Crippen LogP contribution in [0.2, 0.25) is 0 Å². The zero-order chi connectivity index (χ0) is 13.9. The Morgan fingerprint density at radius 1 is 1.21 bits per heavy atom. The van der Waals surface area contributed by atoms with Gasteiger partial charge in [-0.05, 0) is 5.56 Å². The highest BCUT2D eigenvalue weighted by Crippen LogP contribution is 2.35. The Morgan fingerprint density at radius 2 is 1.89 bits per heavy atom. The van der Waals surface area contributed by atoms with Gasteiger partial charge in [-0.3, -0.25) is 4.68 Å². The van der Waals surface area contributed by atoms with Gasteiger partial charge in [0.05, 0.1) is 13.2 Å². The van der Waals surface area contributed by atoms with Gasteiger partial charge in [-0.25, -0.2) is 0 Å². The monoisotopic (exact) mass is 270 g/mol. The molecule has 0 saturated carbocycles. The molecule has 2 rings (SSSR count). The van der Waals surface area contributed by atoms with Crippen LogP contribution in [-0.2, 0) is 17.5 Å². The summed E-state index contributed by atoms with van der Waals surface area (Å²) in [4.78, 5) is 0. The molecule has 0 radical (unpaired) electrons. The van der Waals surface area contributed by atoms with E-state index in [1.165, 1.54) is 18.0 Å². The second-order valence-electron chi connectivity index (χ2n) is 4.01. The molecular weight excluding hydrogens is 257 g/mol. The average Bonchev–Trinajstić information content (AvgIpc) is 2.81. The molecule has 1 aromatic carbocycles. The van der Waals surface area contributed by atoms with Crippen molar-refractivity contribution in [2.24, 2.45) is 0 Å². The molecule has 0 aliphatic carbocycles. The summed E-state index contributed by atoms with van der Waals surface area (Å²) < 4.78 is 45.0. The summed E-state index contributed by atoms with van der Waals surface area (Å²) in [6, 6.07) is 8.41. The molecule has 0 aliphatic rings. The number of rotatable bonds is 4. The summed E-state index contributed by atoms with van der Waals surface area (Å²) in [5.74, 6) is 0. The highest BCUT2D eigenvalue weighted by molar-refractivity contribution is 5.65. The lowest BCUT2D eigenvalue weighted by Gasteiger charge is -2.05. The molecule has 2 aromatic rings. The van der Waals surface area contributed by atoms with Gasteiger partial charge in [0.2, 0.25) is 0 Å². The van der Waals surface area contributed by atoms with Crippen LogP contribution in [0.4, 0.5) is 13.2 Å². The van der Waals surface area contributed by atoms with Crippen molar-refractivity contribution in [1.29, 1.82) is 0 Å². The molecule has 0 amide bonds. The molecule has 0 bridgehead atoms. The Hall–Kier alpha value is -1.82. The van der Waals surface area contributed by atoms with Crippen LogP contribution < -0.4 is 0 Å². The largest absolute Gasteiger partial charge is 0.435 e. The minimum Gasteiger partial charge on any atom is -0.383 e. The lowest BCUT2D eigenvalue weighted by atomic mass is 10.1. The molecule has 0 spiro atoms. The second-order valence-corrected chi connectivity index (χ2v) is 4.01. The van der Waals surface area contributed by atoms with Gasteiger partial charge in [0.1, 0.15) is 0 Å². The summed E-state index contributed by atoms with van der Waals surface area (Å²) in [6.45, 7) is 0.597. The van der Waals surface area contributed by atoms with Gasteiger partial charge < -0.3 is 4.74 Å². The van der Waals surface area contributed by atoms with Crippen LogP contribution in [-0.4, -0.2) is 23.5 Å². The Balaban J connectivity index is 2.43. The Kier molecular flexibility index (Phi) is 3.90. The maximum atomic E-state index is 13.0. The molecule has 102 valence electrons. The van der Waals surface area contributed by atoms with Crippen molar-refractivity contribution in [3.8, 4) is 11.1 Å². The van der Waals surface area contributed by atoms with Crippen LogP contribution in [0, 0.1) is 0 Å². The van der Waals surface area contributed by atoms with Gasteiger partial charge in [-0.2, -0.15) is 18.3 Å². The number of nitrogens with zero attached hydrogens (tertiary/aromatic N) is 2. The highest BCUT2D eigenvalue weighted by atomic mass is 19.4. The van der Waals surface area contributed by atoms with Crippen LogP contribution in [0.3, 0.4) is 0 Å². The van der Waals surface area contributed by atoms with Crippen molar-refractivity contribution in [2.75, 3.05) is 13.7 Å². The van der Waals surface area contributed by atoms with Gasteiger partial charge in [0.15, 0.2) is 5.69 Å². The van der Waals surface area contributed by atoms with E-state index in [2.05, 4.69) is 5.10 Å². The predicted octanol–water partition coefficient (Wildman–Crippen LogP) is 3.22. The smallest absolute Gasteiger partial charge is 0.383 e. The normalized spacial score (nSPS) is 11.8. The van der Waals surface area contributed by atoms with Crippen molar-refractivity contribution in [2.45, 2.75) is 12.7 Å². The van der Waals surface area contributed by atoms with Crippen LogP contribution in [0.25, 0.3) is 11.1 Å². The zero-order valence-corrected chi connectivity index (χ0v) is 10.3. The van der Waals surface area contributed by atoms with Crippen molar-refractivity contribution in [3.05, 3.63) is 42.2 Å². The van der Waals surface area contributed by atoms with Crippen molar-refractivity contribution in [1.82, 2.24) is 9.78 Å². The molecule has 0 N–H and O–H groups in total. The fourth-order valence-electron chi connectivity index (χ4n) is 1.76. The maximum absolute atomic E-state index is 13.0. The number of benzene rings is 1. The standard InChI is InChI=1S/C13H13F3N2O/c1-19-8-7-18-9-11(10-5-3-2-4-6-10)12(17-18)13(14,15)16/h2-6,9H,7-8H2,1H3. The lowest BCUT2D eigenvalue weighted by molar-refractivity contribution is -0.141. The van der Waals surface area contributed by atoms with Crippen molar-refractivity contribution < 1.29 is 17.9 Å². The maximum Gasteiger partial charge on any atom is 0.435 e. The quantitative estimate of drug-likeness (QED) is 0.853. The number of aromatic nitrogens is 2. The van der Waals surface area contributed by atoms with Crippen LogP contribution in [0.15, 0.2) is 36.5 Å². The molecule has 0 atom stereocenters. The number of alkyl halides is 3. The third kappa shape index (κ3) is 3.14. The molecule has 3 nitrogen and oxygen atoms in total. The van der Waals surface area contributed by atoms with Crippen molar-refractivity contribution in [3.63, 3.8) is 0 Å². The predicted molar refractivity (Wildman–Crippen MR) is 64.5 cm³/mol. The van der Waals surface area contributed by atoms with E-state index in [1.54, 1.807) is 30.3 Å². The molecule has 19 heavy (non-hydrogen) atoms. The van der Waals surface area contributed by atoms with E-state index >= 15 is 0 Å². The van der Waals surface area contributed by atoms with E-state index < -0.39 is 11.9 Å². The van der Waals surface area contributed by atoms with Crippen LogP contribution >= 0.6 is 0 Å². The third-order valence-corrected chi connectivity index (χ3v) is 2.64. The van der Waals surface area contributed by atoms with E-state index in [0.717, 1.165) is 0 Å². The molecule has 0 aliphatic heterocycles. The summed E-state index contributed by atoms with van der Waals surface area (Å²) in [6.07, 6.45) is -3.07. The fourth-order valence-corrected chi connectivity index (χ4v) is 1.76. The average molecular weight is 270 g/mol. The first-order valence-electron chi connectivity index (χ1n) is 5.71. The first-order valence-corrected chi connectivity index (χ1v) is 5.71. The topological polar surface area (TPSA) is 27.1 Å². The summed E-state index contributed by atoms with van der Waals surface area (Å²) >= 11 is 0. The fraction of sp³-hybridized carbons (Fsp3) is 0.308. The molecule has 1 aromatic heterocycles. The van der Waals surface area contributed by atoms with E-state index in [-0.39, 0.29) is 12.1 Å². The molecule has 0 saturated heterocycles. The number of methoxy groups -OCH3 is 1. The molecule has 6 heteroatoms. The first-order chi connectivity index (χ1) is 9.02. The SMILES string of the molecule is COCCn1cc(-c2ccccc2)c(C(F)(F)F)n1. The van der Waals surface area contributed by atoms with Gasteiger partial charge in [0.25, 0.3) is 0 Å². The number of halogens is 3. The van der Waals surface area contributed by atoms with Crippen LogP contribution in [0.5, 0.6) is 0 Å². The summed E-state index contributed by atoms with van der Waals surface area (Å²) in [5.41, 5.74) is -0.280. The van der Waals surface area contributed by atoms with E-state index in [0.29, 0.717) is 12.2 Å². The number of hydrogen-bond donors (Lipinski definition) is 0. The Bertz CT molecular complexity index is 535. The zero-order valence-electron chi connectivity index (χ0n) is 10.3. The van der Waals surface area contributed by atoms with Crippen LogP contribution in [0.1, 0.15) is 5.69 Å². The highest BCUT2D eigenvalue weighted by Gasteiger charge is 2.37. The summed E-state index contributed by atoms with van der Waals surface area (Å²) in [7, 11) is 1.49. The minimum absolute atomic E-state index is 0.0872. The van der Waals surface area contributed by atoms with E-state index in [4.69, 9.17) is 4.74 Å². The third-order valence-electron chi connectivity index (χ3n) is 2.64. The molecular formula is C13H13F3N2O. The molecule has 0 fully saturated rings. The van der Waals surface area contributed by atoms with E-state index in [1.807, 2.05) is 0 Å². The molecule has 1 heterocycles. The minimum atomic E-state index is -4.47. The van der Waals surface area contributed by atoms with Gasteiger partial charge in [0, 0.05) is 18.9 Å². The van der Waals surface area contributed by atoms with Gasteiger partial charge in [-0.15, -0.1) is 0 Å². The van der Waals surface area contributed by atoms with Gasteiger partial charge in [-0.1, -0.05) is 30.3 Å². The lowest BCUT2D eigenvalue weighted by Crippen LogP contribution is -2.10. The number of hydrogen-bond acceptors (Lipinski definition) is 2. The number of ether oxygens (including phenoxy) is 1. The van der Waals surface area contributed by atoms with Crippen molar-refractivity contribution >= 4 is 0 Å². The second kappa shape index (κ2) is 5.44. The molecule has 0 unspecified atom stereocenters. The summed E-state index contributed by atoms with van der Waals surface area (Å²) in [5, 5.41) is 3.61. The van der Waals surface area contributed by atoms with Gasteiger partial charge >= 0.3 is 6.18 Å². The Morgan fingerprint density at radius 3 is 2.47 bits per heavy atom.